The predicted molar refractivity (Wildman–Crippen MR) is 93.1 cm³/mol. The molecule has 2 heteroatoms. The molecular formula is C20H37NO. The lowest BCUT2D eigenvalue weighted by atomic mass is 9.75. The molecule has 3 rings (SSSR count). The second kappa shape index (κ2) is 6.43. The summed E-state index contributed by atoms with van der Waals surface area (Å²) in [5.41, 5.74) is 1.30. The number of ether oxygens (including phenoxy) is 1. The fraction of sp³-hybridized carbons (Fsp3) is 1.00. The van der Waals surface area contributed by atoms with Gasteiger partial charge in [0.25, 0.3) is 0 Å². The van der Waals surface area contributed by atoms with Gasteiger partial charge in [-0.25, -0.2) is 0 Å². The Morgan fingerprint density at radius 1 is 1.00 bits per heavy atom. The third-order valence-corrected chi connectivity index (χ3v) is 6.80. The summed E-state index contributed by atoms with van der Waals surface area (Å²) >= 11 is 0. The van der Waals surface area contributed by atoms with Gasteiger partial charge >= 0.3 is 0 Å². The second-order valence-electron chi connectivity index (χ2n) is 9.30. The fourth-order valence-electron chi connectivity index (χ4n) is 5.01. The molecule has 2 aliphatic carbocycles. The zero-order valence-electron chi connectivity index (χ0n) is 15.4. The highest BCUT2D eigenvalue weighted by Gasteiger charge is 2.48. The van der Waals surface area contributed by atoms with Gasteiger partial charge in [-0.3, -0.25) is 0 Å². The molecule has 128 valence electrons. The van der Waals surface area contributed by atoms with Crippen molar-refractivity contribution in [2.75, 3.05) is 19.7 Å². The van der Waals surface area contributed by atoms with Crippen LogP contribution in [0, 0.1) is 16.7 Å². The van der Waals surface area contributed by atoms with Crippen molar-refractivity contribution in [3.05, 3.63) is 0 Å². The Morgan fingerprint density at radius 3 is 2.23 bits per heavy atom. The van der Waals surface area contributed by atoms with Crippen molar-refractivity contribution >= 4 is 0 Å². The lowest BCUT2D eigenvalue weighted by Crippen LogP contribution is -2.42. The number of hydrogen-bond donors (Lipinski definition) is 0. The molecule has 1 saturated heterocycles. The molecule has 2 nitrogen and oxygen atoms in total. The molecule has 0 aromatic carbocycles. The number of piperidine rings is 1. The third-order valence-electron chi connectivity index (χ3n) is 6.80. The average Bonchev–Trinajstić information content (AvgIpc) is 3.13. The molecule has 2 saturated carbocycles. The van der Waals surface area contributed by atoms with Crippen LogP contribution >= 0.6 is 0 Å². The van der Waals surface area contributed by atoms with Crippen molar-refractivity contribution < 1.29 is 4.74 Å². The molecule has 0 N–H and O–H groups in total. The highest BCUT2D eigenvalue weighted by Crippen LogP contribution is 2.57. The third kappa shape index (κ3) is 3.87. The molecule has 3 fully saturated rings. The van der Waals surface area contributed by atoms with Gasteiger partial charge in [-0.2, -0.15) is 0 Å². The van der Waals surface area contributed by atoms with Gasteiger partial charge in [-0.05, 0) is 109 Å². The van der Waals surface area contributed by atoms with Gasteiger partial charge in [0.05, 0.1) is 12.7 Å². The van der Waals surface area contributed by atoms with E-state index in [1.807, 2.05) is 0 Å². The fourth-order valence-corrected chi connectivity index (χ4v) is 5.01. The molecule has 1 heterocycles. The first kappa shape index (κ1) is 16.8. The Labute approximate surface area is 138 Å². The van der Waals surface area contributed by atoms with Crippen molar-refractivity contribution in [3.63, 3.8) is 0 Å². The maximum Gasteiger partial charge on any atom is 0.0526 e. The van der Waals surface area contributed by atoms with Crippen LogP contribution in [0.3, 0.4) is 0 Å². The second-order valence-corrected chi connectivity index (χ2v) is 9.30. The number of hydrogen-bond acceptors (Lipinski definition) is 2. The van der Waals surface area contributed by atoms with Crippen molar-refractivity contribution in [3.8, 4) is 0 Å². The van der Waals surface area contributed by atoms with Crippen LogP contribution in [0.5, 0.6) is 0 Å². The lowest BCUT2D eigenvalue weighted by molar-refractivity contribution is 0.0342. The van der Waals surface area contributed by atoms with Gasteiger partial charge in [0.2, 0.25) is 0 Å². The first-order valence-corrected chi connectivity index (χ1v) is 9.78. The summed E-state index contributed by atoms with van der Waals surface area (Å²) in [6.45, 7) is 12.7. The predicted octanol–water partition coefficient (Wildman–Crippen LogP) is 4.87. The largest absolute Gasteiger partial charge is 0.378 e. The van der Waals surface area contributed by atoms with E-state index in [1.54, 1.807) is 0 Å². The first-order chi connectivity index (χ1) is 10.4. The molecule has 0 amide bonds. The molecule has 0 aromatic heterocycles. The van der Waals surface area contributed by atoms with E-state index < -0.39 is 0 Å². The topological polar surface area (TPSA) is 12.5 Å². The van der Waals surface area contributed by atoms with E-state index in [0.29, 0.717) is 16.9 Å². The Hall–Kier alpha value is -0.0800. The molecule has 0 aromatic rings. The van der Waals surface area contributed by atoms with E-state index in [9.17, 15) is 0 Å². The van der Waals surface area contributed by atoms with Crippen LogP contribution in [0.1, 0.15) is 79.1 Å². The van der Waals surface area contributed by atoms with E-state index in [-0.39, 0.29) is 0 Å². The molecule has 1 spiro atoms. The molecule has 1 aliphatic heterocycles. The average molecular weight is 308 g/mol. The van der Waals surface area contributed by atoms with E-state index in [0.717, 1.165) is 18.6 Å². The van der Waals surface area contributed by atoms with Crippen LogP contribution in [0.25, 0.3) is 0 Å². The van der Waals surface area contributed by atoms with Gasteiger partial charge in [0, 0.05) is 6.04 Å². The van der Waals surface area contributed by atoms with E-state index in [4.69, 9.17) is 4.74 Å². The Bertz CT molecular complexity index is 364. The summed E-state index contributed by atoms with van der Waals surface area (Å²) in [6.07, 6.45) is 12.1. The minimum absolute atomic E-state index is 0.396. The monoisotopic (exact) mass is 307 g/mol. The van der Waals surface area contributed by atoms with Crippen LogP contribution < -0.4 is 0 Å². The smallest absolute Gasteiger partial charge is 0.0526 e. The molecule has 22 heavy (non-hydrogen) atoms. The summed E-state index contributed by atoms with van der Waals surface area (Å²) in [7, 11) is 0. The highest BCUT2D eigenvalue weighted by molar-refractivity contribution is 4.99. The number of rotatable bonds is 6. The zero-order valence-corrected chi connectivity index (χ0v) is 15.4. The van der Waals surface area contributed by atoms with Crippen LogP contribution in [0.2, 0.25) is 0 Å². The van der Waals surface area contributed by atoms with E-state index >= 15 is 0 Å². The Balaban J connectivity index is 1.47. The quantitative estimate of drug-likeness (QED) is 0.694. The minimum Gasteiger partial charge on any atom is -0.378 e. The molecule has 1 atom stereocenters. The number of nitrogens with zero attached hydrogens (tertiary/aromatic N) is 1. The van der Waals surface area contributed by atoms with Crippen LogP contribution in [0.4, 0.5) is 0 Å². The van der Waals surface area contributed by atoms with Crippen LogP contribution in [-0.4, -0.2) is 36.7 Å². The Morgan fingerprint density at radius 2 is 1.68 bits per heavy atom. The molecule has 0 bridgehead atoms. The molecule has 0 radical (unpaired) electrons. The maximum absolute atomic E-state index is 5.95. The van der Waals surface area contributed by atoms with Crippen molar-refractivity contribution in [2.24, 2.45) is 16.7 Å². The maximum atomic E-state index is 5.95. The molecular weight excluding hydrogens is 270 g/mol. The Kier molecular flexibility index (Phi) is 4.90. The van der Waals surface area contributed by atoms with Crippen LogP contribution in [-0.2, 0) is 4.74 Å². The lowest BCUT2D eigenvalue weighted by Gasteiger charge is -2.41. The van der Waals surface area contributed by atoms with Gasteiger partial charge in [0.15, 0.2) is 0 Å². The van der Waals surface area contributed by atoms with Gasteiger partial charge in [0.1, 0.15) is 0 Å². The van der Waals surface area contributed by atoms with Crippen molar-refractivity contribution in [1.29, 1.82) is 0 Å². The van der Waals surface area contributed by atoms with Crippen LogP contribution in [0.15, 0.2) is 0 Å². The molecule has 3 aliphatic rings. The number of likely N-dealkylation sites (tertiary alicyclic amines) is 1. The summed E-state index contributed by atoms with van der Waals surface area (Å²) < 4.78 is 5.95. The first-order valence-electron chi connectivity index (χ1n) is 9.78. The summed E-state index contributed by atoms with van der Waals surface area (Å²) in [5, 5.41) is 0. The normalized spacial score (nSPS) is 30.5. The summed E-state index contributed by atoms with van der Waals surface area (Å²) in [4.78, 5) is 2.68. The SMILES string of the molecule is CC(C)OCC1(CC2CCC3(CCN(C(C)C)CC3)C2)CC1. The molecule has 1 unspecified atom stereocenters. The minimum atomic E-state index is 0.396. The van der Waals surface area contributed by atoms with Gasteiger partial charge in [-0.15, -0.1) is 0 Å². The summed E-state index contributed by atoms with van der Waals surface area (Å²) in [5.74, 6) is 0.990. The highest BCUT2D eigenvalue weighted by atomic mass is 16.5. The van der Waals surface area contributed by atoms with E-state index in [2.05, 4.69) is 32.6 Å². The van der Waals surface area contributed by atoms with Gasteiger partial charge < -0.3 is 9.64 Å². The van der Waals surface area contributed by atoms with Crippen molar-refractivity contribution in [2.45, 2.75) is 91.2 Å². The van der Waals surface area contributed by atoms with Crippen molar-refractivity contribution in [1.82, 2.24) is 4.90 Å². The van der Waals surface area contributed by atoms with Gasteiger partial charge in [-0.1, -0.05) is 0 Å². The zero-order chi connectivity index (χ0) is 15.8. The summed E-state index contributed by atoms with van der Waals surface area (Å²) in [6, 6.07) is 0.734. The standard InChI is InChI=1S/C20H37NO/c1-16(2)21-11-9-19(10-12-21)6-5-18(13-19)14-20(7-8-20)15-22-17(3)4/h16-18H,5-15H2,1-4H3. The van der Waals surface area contributed by atoms with E-state index in [1.165, 1.54) is 64.5 Å².